The van der Waals surface area contributed by atoms with Gasteiger partial charge in [-0.2, -0.15) is 5.10 Å². The second-order valence-electron chi connectivity index (χ2n) is 3.31. The lowest BCUT2D eigenvalue weighted by Crippen LogP contribution is -1.94. The largest absolute Gasteiger partial charge is 0.396 e. The first-order valence-electron chi connectivity index (χ1n) is 4.67. The molecule has 0 atom stereocenters. The van der Waals surface area contributed by atoms with Crippen LogP contribution in [0.4, 0.5) is 10.1 Å². The minimum atomic E-state index is -0.379. The Morgan fingerprint density at radius 3 is 2.94 bits per heavy atom. The van der Waals surface area contributed by atoms with Crippen LogP contribution >= 0.6 is 11.8 Å². The predicted octanol–water partition coefficient (Wildman–Crippen LogP) is 1.83. The molecule has 0 saturated heterocycles. The number of halogens is 1. The van der Waals surface area contributed by atoms with Crippen LogP contribution in [0.25, 0.3) is 0 Å². The molecule has 2 rings (SSSR count). The number of hydrogen-bond acceptors (Lipinski definition) is 4. The van der Waals surface area contributed by atoms with Crippen LogP contribution in [0.1, 0.15) is 5.56 Å². The van der Waals surface area contributed by atoms with E-state index < -0.39 is 0 Å². The topological polar surface area (TPSA) is 56.7 Å². The lowest BCUT2D eigenvalue weighted by molar-refractivity contribution is 0.631. The Balaban J connectivity index is 2.05. The monoisotopic (exact) mass is 238 g/mol. The van der Waals surface area contributed by atoms with Gasteiger partial charge in [0.05, 0.1) is 5.69 Å². The van der Waals surface area contributed by atoms with Crippen LogP contribution in [-0.2, 0) is 12.8 Å². The van der Waals surface area contributed by atoms with Gasteiger partial charge in [-0.25, -0.2) is 14.1 Å². The van der Waals surface area contributed by atoms with Crippen LogP contribution in [0.5, 0.6) is 0 Å². The summed E-state index contributed by atoms with van der Waals surface area (Å²) in [5.41, 5.74) is 6.44. The van der Waals surface area contributed by atoms with Gasteiger partial charge in [-0.1, -0.05) is 17.8 Å². The maximum atomic E-state index is 13.2. The van der Waals surface area contributed by atoms with E-state index in [4.69, 9.17) is 5.73 Å². The molecule has 1 aromatic heterocycles. The molecule has 0 saturated carbocycles. The van der Waals surface area contributed by atoms with Gasteiger partial charge in [-0.3, -0.25) is 0 Å². The van der Waals surface area contributed by atoms with Crippen molar-refractivity contribution in [3.8, 4) is 0 Å². The van der Waals surface area contributed by atoms with E-state index in [0.717, 1.165) is 10.7 Å². The van der Waals surface area contributed by atoms with Crippen molar-refractivity contribution in [1.82, 2.24) is 14.8 Å². The van der Waals surface area contributed by atoms with Crippen molar-refractivity contribution in [2.24, 2.45) is 7.05 Å². The zero-order valence-corrected chi connectivity index (χ0v) is 9.54. The summed E-state index contributed by atoms with van der Waals surface area (Å²) in [6, 6.07) is 4.82. The molecule has 4 nitrogen and oxygen atoms in total. The maximum Gasteiger partial charge on any atom is 0.186 e. The third kappa shape index (κ3) is 2.33. The molecule has 2 aromatic rings. The highest BCUT2D eigenvalue weighted by Gasteiger charge is 2.04. The van der Waals surface area contributed by atoms with Gasteiger partial charge in [0.2, 0.25) is 0 Å². The van der Waals surface area contributed by atoms with Crippen molar-refractivity contribution < 1.29 is 4.39 Å². The Morgan fingerprint density at radius 1 is 1.50 bits per heavy atom. The quantitative estimate of drug-likeness (QED) is 0.654. The fourth-order valence-electron chi connectivity index (χ4n) is 1.22. The summed E-state index contributed by atoms with van der Waals surface area (Å²) in [5.74, 6) is 0.264. The molecule has 0 bridgehead atoms. The Labute approximate surface area is 96.7 Å². The molecule has 2 N–H and O–H groups in total. The van der Waals surface area contributed by atoms with Gasteiger partial charge < -0.3 is 5.73 Å². The standard InChI is InChI=1S/C10H11FN4S/c1-15-10(13-6-14-15)16-5-7-2-3-9(12)8(11)4-7/h2-4,6H,5,12H2,1H3. The van der Waals surface area contributed by atoms with Crippen LogP contribution in [-0.4, -0.2) is 14.8 Å². The van der Waals surface area contributed by atoms with Crippen LogP contribution < -0.4 is 5.73 Å². The third-order valence-corrected chi connectivity index (χ3v) is 3.21. The van der Waals surface area contributed by atoms with Crippen molar-refractivity contribution in [3.63, 3.8) is 0 Å². The molecule has 0 amide bonds. The zero-order valence-electron chi connectivity index (χ0n) is 8.72. The normalized spacial score (nSPS) is 10.6. The SMILES string of the molecule is Cn1ncnc1SCc1ccc(N)c(F)c1. The van der Waals surface area contributed by atoms with Crippen LogP contribution in [0.2, 0.25) is 0 Å². The van der Waals surface area contributed by atoms with Gasteiger partial charge in [0.15, 0.2) is 5.16 Å². The summed E-state index contributed by atoms with van der Waals surface area (Å²) in [7, 11) is 1.82. The number of anilines is 1. The first kappa shape index (κ1) is 10.9. The average molecular weight is 238 g/mol. The van der Waals surface area contributed by atoms with Gasteiger partial charge >= 0.3 is 0 Å². The molecule has 84 valence electrons. The second-order valence-corrected chi connectivity index (χ2v) is 4.25. The van der Waals surface area contributed by atoms with E-state index in [9.17, 15) is 4.39 Å². The number of nitrogens with zero attached hydrogens (tertiary/aromatic N) is 3. The fourth-order valence-corrected chi connectivity index (χ4v) is 2.06. The van der Waals surface area contributed by atoms with Gasteiger partial charge in [-0.15, -0.1) is 0 Å². The predicted molar refractivity (Wildman–Crippen MR) is 61.4 cm³/mol. The molecular weight excluding hydrogens is 227 g/mol. The highest BCUT2D eigenvalue weighted by molar-refractivity contribution is 7.98. The fraction of sp³-hybridized carbons (Fsp3) is 0.200. The number of nitrogens with two attached hydrogens (primary N) is 1. The molecule has 1 aromatic carbocycles. The van der Waals surface area contributed by atoms with Gasteiger partial charge in [0, 0.05) is 12.8 Å². The lowest BCUT2D eigenvalue weighted by Gasteiger charge is -2.02. The number of rotatable bonds is 3. The van der Waals surface area contributed by atoms with E-state index >= 15 is 0 Å². The number of aromatic nitrogens is 3. The highest BCUT2D eigenvalue weighted by Crippen LogP contribution is 2.21. The lowest BCUT2D eigenvalue weighted by atomic mass is 10.2. The molecular formula is C10H11FN4S. The number of benzene rings is 1. The van der Waals surface area contributed by atoms with Gasteiger partial charge in [0.25, 0.3) is 0 Å². The van der Waals surface area contributed by atoms with Gasteiger partial charge in [-0.05, 0) is 17.7 Å². The number of nitrogen functional groups attached to an aromatic ring is 1. The summed E-state index contributed by atoms with van der Waals surface area (Å²) < 4.78 is 14.8. The van der Waals surface area contributed by atoms with Crippen LogP contribution in [0.15, 0.2) is 29.7 Å². The molecule has 0 aliphatic carbocycles. The summed E-state index contributed by atoms with van der Waals surface area (Å²) in [6.45, 7) is 0. The first-order chi connectivity index (χ1) is 7.66. The minimum absolute atomic E-state index is 0.174. The molecule has 0 unspecified atom stereocenters. The number of hydrogen-bond donors (Lipinski definition) is 1. The maximum absolute atomic E-state index is 13.2. The van der Waals surface area contributed by atoms with E-state index in [1.165, 1.54) is 24.2 Å². The summed E-state index contributed by atoms with van der Waals surface area (Å²) >= 11 is 1.50. The zero-order chi connectivity index (χ0) is 11.5. The van der Waals surface area contributed by atoms with Gasteiger partial charge in [0.1, 0.15) is 12.1 Å². The smallest absolute Gasteiger partial charge is 0.186 e. The molecule has 0 aliphatic rings. The molecule has 6 heteroatoms. The summed E-state index contributed by atoms with van der Waals surface area (Å²) in [5, 5.41) is 4.75. The molecule has 0 radical (unpaired) electrons. The highest BCUT2D eigenvalue weighted by atomic mass is 32.2. The van der Waals surface area contributed by atoms with E-state index in [1.807, 2.05) is 13.1 Å². The molecule has 0 spiro atoms. The third-order valence-electron chi connectivity index (χ3n) is 2.10. The summed E-state index contributed by atoms with van der Waals surface area (Å²) in [4.78, 5) is 4.07. The van der Waals surface area contributed by atoms with Crippen molar-refractivity contribution in [3.05, 3.63) is 35.9 Å². The van der Waals surface area contributed by atoms with Crippen molar-refractivity contribution >= 4 is 17.4 Å². The molecule has 0 aliphatic heterocycles. The Kier molecular flexibility index (Phi) is 3.09. The van der Waals surface area contributed by atoms with Crippen molar-refractivity contribution in [1.29, 1.82) is 0 Å². The van der Waals surface area contributed by atoms with E-state index in [-0.39, 0.29) is 11.5 Å². The van der Waals surface area contributed by atoms with E-state index in [0.29, 0.717) is 5.75 Å². The molecule has 0 fully saturated rings. The Hall–Kier alpha value is -1.56. The van der Waals surface area contributed by atoms with Crippen molar-refractivity contribution in [2.75, 3.05) is 5.73 Å². The van der Waals surface area contributed by atoms with E-state index in [2.05, 4.69) is 10.1 Å². The Morgan fingerprint density at radius 2 is 2.31 bits per heavy atom. The second kappa shape index (κ2) is 4.52. The van der Waals surface area contributed by atoms with Crippen molar-refractivity contribution in [2.45, 2.75) is 10.9 Å². The molecule has 1 heterocycles. The minimum Gasteiger partial charge on any atom is -0.396 e. The first-order valence-corrected chi connectivity index (χ1v) is 5.66. The molecule has 16 heavy (non-hydrogen) atoms. The van der Waals surface area contributed by atoms with Crippen LogP contribution in [0.3, 0.4) is 0 Å². The van der Waals surface area contributed by atoms with Crippen LogP contribution in [0, 0.1) is 5.82 Å². The van der Waals surface area contributed by atoms with E-state index in [1.54, 1.807) is 10.7 Å². The average Bonchev–Trinajstić information content (AvgIpc) is 2.66. The number of thioether (sulfide) groups is 1. The summed E-state index contributed by atoms with van der Waals surface area (Å²) in [6.07, 6.45) is 1.49. The number of aryl methyl sites for hydroxylation is 1. The Bertz CT molecular complexity index is 497.